The summed E-state index contributed by atoms with van der Waals surface area (Å²) < 4.78 is 54.7. The normalized spacial score (nSPS) is 11.3. The number of rotatable bonds is 10. The number of para-hydroxylation sites is 1. The van der Waals surface area contributed by atoms with E-state index in [2.05, 4.69) is 5.32 Å². The van der Waals surface area contributed by atoms with E-state index in [4.69, 9.17) is 0 Å². The van der Waals surface area contributed by atoms with Crippen molar-refractivity contribution in [1.29, 1.82) is 0 Å². The maximum Gasteiger partial charge on any atom is 0.274 e. The van der Waals surface area contributed by atoms with Gasteiger partial charge >= 0.3 is 0 Å². The van der Waals surface area contributed by atoms with Gasteiger partial charge in [-0.25, -0.2) is 17.2 Å². The molecular weight excluding hydrogens is 462 g/mol. The first kappa shape index (κ1) is 23.2. The third-order valence-electron chi connectivity index (χ3n) is 4.23. The minimum atomic E-state index is -4.10. The van der Waals surface area contributed by atoms with Gasteiger partial charge in [-0.2, -0.15) is 11.8 Å². The molecule has 10 heteroatoms. The van der Waals surface area contributed by atoms with E-state index in [-0.39, 0.29) is 22.3 Å². The molecule has 0 saturated carbocycles. The zero-order chi connectivity index (χ0) is 22.3. The first-order valence-corrected chi connectivity index (χ1v) is 12.8. The van der Waals surface area contributed by atoms with Crippen LogP contribution in [0.25, 0.3) is 0 Å². The number of anilines is 1. The van der Waals surface area contributed by atoms with Crippen molar-refractivity contribution in [2.24, 2.45) is 0 Å². The molecule has 0 unspecified atom stereocenters. The molecule has 1 N–H and O–H groups in total. The number of carbonyl (C=O) groups is 1. The number of hydrogen-bond acceptors (Lipinski definition) is 5. The van der Waals surface area contributed by atoms with E-state index in [0.717, 1.165) is 21.7 Å². The number of amides is 1. The number of nitrogens with one attached hydrogen (secondary N) is 1. The monoisotopic (exact) mass is 482 g/mol. The van der Waals surface area contributed by atoms with E-state index in [1.807, 2.05) is 0 Å². The standard InChI is InChI=1S/C21H20F2N2O3S3/c22-17-7-2-1-6-16(17)15-29-13-11-24-20(26)14-25(19-9-4-3-8-18(19)23)31(27,28)21-10-5-12-30-21/h1-10,12H,11,13-15H2,(H,24,26). The Bertz CT molecular complexity index is 1120. The van der Waals surface area contributed by atoms with Gasteiger partial charge in [-0.3, -0.25) is 9.10 Å². The molecule has 0 bridgehead atoms. The van der Waals surface area contributed by atoms with Gasteiger partial charge in [-0.15, -0.1) is 11.3 Å². The lowest BCUT2D eigenvalue weighted by molar-refractivity contribution is -0.119. The number of carbonyl (C=O) groups excluding carboxylic acids is 1. The van der Waals surface area contributed by atoms with Crippen LogP contribution in [-0.4, -0.2) is 33.2 Å². The van der Waals surface area contributed by atoms with E-state index in [1.54, 1.807) is 29.6 Å². The summed E-state index contributed by atoms with van der Waals surface area (Å²) in [6, 6.07) is 14.9. The Balaban J connectivity index is 1.61. The number of nitrogens with zero attached hydrogens (tertiary/aromatic N) is 1. The highest BCUT2D eigenvalue weighted by Gasteiger charge is 2.29. The fourth-order valence-corrected chi connectivity index (χ4v) is 6.10. The summed E-state index contributed by atoms with van der Waals surface area (Å²) in [4.78, 5) is 12.4. The first-order valence-electron chi connectivity index (χ1n) is 9.28. The molecule has 1 heterocycles. The van der Waals surface area contributed by atoms with Crippen molar-refractivity contribution in [3.8, 4) is 0 Å². The van der Waals surface area contributed by atoms with Crippen molar-refractivity contribution in [3.05, 3.63) is 83.2 Å². The van der Waals surface area contributed by atoms with Gasteiger partial charge in [0.2, 0.25) is 5.91 Å². The molecule has 0 spiro atoms. The third-order valence-corrected chi connectivity index (χ3v) is 8.37. The second-order valence-electron chi connectivity index (χ2n) is 6.39. The maximum atomic E-state index is 14.3. The SMILES string of the molecule is O=C(CN(c1ccccc1F)S(=O)(=O)c1cccs1)NCCSCc1ccccc1F. The lowest BCUT2D eigenvalue weighted by Gasteiger charge is -2.23. The second-order valence-corrected chi connectivity index (χ2v) is 10.5. The predicted octanol–water partition coefficient (Wildman–Crippen LogP) is 4.27. The van der Waals surface area contributed by atoms with Crippen molar-refractivity contribution in [2.75, 3.05) is 23.1 Å². The second kappa shape index (κ2) is 10.7. The molecule has 1 aromatic heterocycles. The Morgan fingerprint density at radius 3 is 2.39 bits per heavy atom. The van der Waals surface area contributed by atoms with Gasteiger partial charge in [0.15, 0.2) is 0 Å². The quantitative estimate of drug-likeness (QED) is 0.438. The van der Waals surface area contributed by atoms with Crippen LogP contribution in [0.1, 0.15) is 5.56 Å². The maximum absolute atomic E-state index is 14.3. The van der Waals surface area contributed by atoms with E-state index < -0.39 is 28.3 Å². The number of benzene rings is 2. The summed E-state index contributed by atoms with van der Waals surface area (Å²) in [5.74, 6) is -0.613. The highest BCUT2D eigenvalue weighted by atomic mass is 32.2. The Labute approximate surface area is 188 Å². The van der Waals surface area contributed by atoms with Crippen LogP contribution in [0.3, 0.4) is 0 Å². The Kier molecular flexibility index (Phi) is 8.05. The van der Waals surface area contributed by atoms with Crippen LogP contribution in [0.4, 0.5) is 14.5 Å². The van der Waals surface area contributed by atoms with Crippen LogP contribution >= 0.6 is 23.1 Å². The summed E-state index contributed by atoms with van der Waals surface area (Å²) in [6.07, 6.45) is 0. The summed E-state index contributed by atoms with van der Waals surface area (Å²) in [5, 5.41) is 4.24. The summed E-state index contributed by atoms with van der Waals surface area (Å²) in [5.41, 5.74) is 0.381. The summed E-state index contributed by atoms with van der Waals surface area (Å²) in [6.45, 7) is -0.290. The largest absolute Gasteiger partial charge is 0.354 e. The zero-order valence-corrected chi connectivity index (χ0v) is 18.8. The molecule has 5 nitrogen and oxygen atoms in total. The Morgan fingerprint density at radius 1 is 1.00 bits per heavy atom. The molecule has 164 valence electrons. The van der Waals surface area contributed by atoms with Crippen molar-refractivity contribution in [1.82, 2.24) is 5.32 Å². The third kappa shape index (κ3) is 6.05. The van der Waals surface area contributed by atoms with Gasteiger partial charge < -0.3 is 5.32 Å². The summed E-state index contributed by atoms with van der Waals surface area (Å²) in [7, 11) is -4.10. The number of sulfonamides is 1. The smallest absolute Gasteiger partial charge is 0.274 e. The lowest BCUT2D eigenvalue weighted by atomic mass is 10.2. The molecule has 2 aromatic carbocycles. The van der Waals surface area contributed by atoms with Crippen LogP contribution in [0.2, 0.25) is 0 Å². The average molecular weight is 483 g/mol. The number of thioether (sulfide) groups is 1. The van der Waals surface area contributed by atoms with Gasteiger partial charge in [0, 0.05) is 18.1 Å². The van der Waals surface area contributed by atoms with Crippen LogP contribution in [0.5, 0.6) is 0 Å². The van der Waals surface area contributed by atoms with Crippen molar-refractivity contribution in [3.63, 3.8) is 0 Å². The first-order chi connectivity index (χ1) is 14.9. The van der Waals surface area contributed by atoms with E-state index in [1.165, 1.54) is 42.1 Å². The van der Waals surface area contributed by atoms with Gasteiger partial charge in [0.05, 0.1) is 5.69 Å². The Morgan fingerprint density at radius 2 is 1.71 bits per heavy atom. The van der Waals surface area contributed by atoms with Gasteiger partial charge in [-0.1, -0.05) is 36.4 Å². The average Bonchev–Trinajstić information content (AvgIpc) is 3.29. The van der Waals surface area contributed by atoms with Crippen molar-refractivity contribution in [2.45, 2.75) is 9.96 Å². The van der Waals surface area contributed by atoms with Gasteiger partial charge in [-0.05, 0) is 35.2 Å². The molecule has 0 radical (unpaired) electrons. The lowest BCUT2D eigenvalue weighted by Crippen LogP contribution is -2.41. The topological polar surface area (TPSA) is 66.5 Å². The molecule has 0 saturated heterocycles. The predicted molar refractivity (Wildman–Crippen MR) is 121 cm³/mol. The van der Waals surface area contributed by atoms with Crippen LogP contribution in [-0.2, 0) is 20.6 Å². The van der Waals surface area contributed by atoms with Crippen molar-refractivity contribution < 1.29 is 22.0 Å². The molecule has 3 rings (SSSR count). The van der Waals surface area contributed by atoms with Crippen LogP contribution < -0.4 is 9.62 Å². The van der Waals surface area contributed by atoms with Crippen LogP contribution in [0, 0.1) is 11.6 Å². The molecule has 1 amide bonds. The summed E-state index contributed by atoms with van der Waals surface area (Å²) >= 11 is 2.43. The van der Waals surface area contributed by atoms with Gasteiger partial charge in [0.1, 0.15) is 22.4 Å². The Hall–Kier alpha value is -2.43. The molecule has 3 aromatic rings. The minimum absolute atomic E-state index is 0.0176. The molecule has 0 aliphatic rings. The van der Waals surface area contributed by atoms with E-state index >= 15 is 0 Å². The zero-order valence-electron chi connectivity index (χ0n) is 16.3. The molecular formula is C21H20F2N2O3S3. The van der Waals surface area contributed by atoms with E-state index in [9.17, 15) is 22.0 Å². The minimum Gasteiger partial charge on any atom is -0.354 e. The fourth-order valence-electron chi connectivity index (χ4n) is 2.72. The molecule has 0 aliphatic carbocycles. The van der Waals surface area contributed by atoms with Crippen molar-refractivity contribution >= 4 is 44.7 Å². The van der Waals surface area contributed by atoms with Crippen LogP contribution in [0.15, 0.2) is 70.3 Å². The molecule has 0 atom stereocenters. The molecule has 31 heavy (non-hydrogen) atoms. The number of hydrogen-bond donors (Lipinski definition) is 1. The molecule has 0 fully saturated rings. The van der Waals surface area contributed by atoms with Gasteiger partial charge in [0.25, 0.3) is 10.0 Å². The highest BCUT2D eigenvalue weighted by Crippen LogP contribution is 2.28. The number of thiophene rings is 1. The highest BCUT2D eigenvalue weighted by molar-refractivity contribution is 7.98. The van der Waals surface area contributed by atoms with E-state index in [0.29, 0.717) is 17.1 Å². The number of halogens is 2. The molecule has 0 aliphatic heterocycles. The fraction of sp³-hybridized carbons (Fsp3) is 0.190.